The second kappa shape index (κ2) is 3.72. The number of aromatic amines is 1. The van der Waals surface area contributed by atoms with E-state index in [-0.39, 0.29) is 10.3 Å². The highest BCUT2D eigenvalue weighted by atomic mass is 35.5. The van der Waals surface area contributed by atoms with Gasteiger partial charge < -0.3 is 9.72 Å². The van der Waals surface area contributed by atoms with E-state index >= 15 is 0 Å². The van der Waals surface area contributed by atoms with Crippen molar-refractivity contribution in [2.75, 3.05) is 7.11 Å². The molecular formula is C9H6Cl2N2O2. The number of hydrogen-bond acceptors (Lipinski definition) is 3. The number of methoxy groups -OCH3 is 1. The molecule has 15 heavy (non-hydrogen) atoms. The van der Waals surface area contributed by atoms with Gasteiger partial charge in [-0.15, -0.1) is 0 Å². The first-order valence-electron chi connectivity index (χ1n) is 4.05. The Hall–Kier alpha value is -1.26. The van der Waals surface area contributed by atoms with Crippen LogP contribution in [0, 0.1) is 0 Å². The summed E-state index contributed by atoms with van der Waals surface area (Å²) in [6, 6.07) is 3.17. The van der Waals surface area contributed by atoms with E-state index in [4.69, 9.17) is 23.2 Å². The van der Waals surface area contributed by atoms with Gasteiger partial charge in [0.25, 0.3) is 0 Å². The van der Waals surface area contributed by atoms with Crippen LogP contribution in [0.4, 0.5) is 0 Å². The van der Waals surface area contributed by atoms with E-state index in [1.165, 1.54) is 7.11 Å². The van der Waals surface area contributed by atoms with Crippen molar-refractivity contribution < 1.29 is 9.53 Å². The second-order valence-electron chi connectivity index (χ2n) is 2.87. The van der Waals surface area contributed by atoms with E-state index in [0.717, 1.165) is 0 Å². The Bertz CT molecular complexity index is 536. The number of carbonyl (C=O) groups excluding carboxylic acids is 1. The number of nitrogens with zero attached hydrogens (tertiary/aromatic N) is 1. The summed E-state index contributed by atoms with van der Waals surface area (Å²) >= 11 is 11.6. The van der Waals surface area contributed by atoms with Gasteiger partial charge in [0.2, 0.25) is 0 Å². The summed E-state index contributed by atoms with van der Waals surface area (Å²) in [6.45, 7) is 0. The number of pyridine rings is 1. The van der Waals surface area contributed by atoms with Crippen LogP contribution in [0.1, 0.15) is 10.5 Å². The van der Waals surface area contributed by atoms with Gasteiger partial charge in [-0.25, -0.2) is 9.78 Å². The smallest absolute Gasteiger partial charge is 0.354 e. The molecule has 0 radical (unpaired) electrons. The Kier molecular flexibility index (Phi) is 2.54. The van der Waals surface area contributed by atoms with E-state index in [9.17, 15) is 4.79 Å². The number of hydrogen-bond donors (Lipinski definition) is 1. The van der Waals surface area contributed by atoms with Gasteiger partial charge >= 0.3 is 5.97 Å². The molecule has 2 heterocycles. The molecular weight excluding hydrogens is 239 g/mol. The van der Waals surface area contributed by atoms with Crippen LogP contribution in [-0.4, -0.2) is 23.0 Å². The molecule has 0 saturated heterocycles. The predicted octanol–water partition coefficient (Wildman–Crippen LogP) is 2.66. The molecule has 0 aliphatic rings. The van der Waals surface area contributed by atoms with Gasteiger partial charge in [0.05, 0.1) is 12.6 Å². The minimum absolute atomic E-state index is 0.254. The summed E-state index contributed by atoms with van der Waals surface area (Å²) in [5.74, 6) is -0.460. The van der Waals surface area contributed by atoms with E-state index in [0.29, 0.717) is 16.6 Å². The number of H-pyrrole nitrogens is 1. The second-order valence-corrected chi connectivity index (χ2v) is 3.62. The van der Waals surface area contributed by atoms with Gasteiger partial charge in [-0.3, -0.25) is 0 Å². The summed E-state index contributed by atoms with van der Waals surface area (Å²) in [5, 5.41) is 1.16. The zero-order valence-electron chi connectivity index (χ0n) is 7.67. The Morgan fingerprint density at radius 3 is 2.87 bits per heavy atom. The molecule has 2 rings (SSSR count). The average molecular weight is 245 g/mol. The van der Waals surface area contributed by atoms with Crippen LogP contribution in [0.2, 0.25) is 10.3 Å². The Labute approximate surface area is 95.2 Å². The largest absolute Gasteiger partial charge is 0.464 e. The molecule has 0 unspecified atom stereocenters. The van der Waals surface area contributed by atoms with Gasteiger partial charge in [0.1, 0.15) is 16.0 Å². The van der Waals surface area contributed by atoms with Crippen molar-refractivity contribution in [1.29, 1.82) is 0 Å². The van der Waals surface area contributed by atoms with Crippen LogP contribution in [0.15, 0.2) is 12.1 Å². The lowest BCUT2D eigenvalue weighted by Crippen LogP contribution is -2.00. The number of ether oxygens (including phenoxy) is 1. The van der Waals surface area contributed by atoms with Crippen LogP contribution in [0.3, 0.4) is 0 Å². The fraction of sp³-hybridized carbons (Fsp3) is 0.111. The summed E-state index contributed by atoms with van der Waals surface area (Å²) in [5.41, 5.74) is 0.971. The number of carbonyl (C=O) groups is 1. The van der Waals surface area contributed by atoms with E-state index in [2.05, 4.69) is 14.7 Å². The third-order valence-electron chi connectivity index (χ3n) is 1.94. The van der Waals surface area contributed by atoms with Gasteiger partial charge in [-0.2, -0.15) is 0 Å². The van der Waals surface area contributed by atoms with Crippen molar-refractivity contribution in [1.82, 2.24) is 9.97 Å². The number of nitrogens with one attached hydrogen (secondary N) is 1. The zero-order chi connectivity index (χ0) is 11.0. The normalized spacial score (nSPS) is 10.6. The Morgan fingerprint density at radius 1 is 1.47 bits per heavy atom. The number of fused-ring (bicyclic) bond motifs is 1. The molecule has 6 heteroatoms. The molecule has 2 aromatic heterocycles. The first kappa shape index (κ1) is 10.3. The van der Waals surface area contributed by atoms with Gasteiger partial charge in [-0.05, 0) is 12.1 Å². The van der Waals surface area contributed by atoms with Crippen LogP contribution >= 0.6 is 23.2 Å². The third kappa shape index (κ3) is 1.78. The summed E-state index contributed by atoms with van der Waals surface area (Å²) in [6.07, 6.45) is 0. The lowest BCUT2D eigenvalue weighted by atomic mass is 10.3. The molecule has 0 atom stereocenters. The standard InChI is InChI=1S/C9H6Cl2N2O2/c1-15-9(14)6-2-4-5(12-6)3-7(10)13-8(4)11/h2-3,12H,1H3. The third-order valence-corrected chi connectivity index (χ3v) is 2.43. The van der Waals surface area contributed by atoms with Gasteiger partial charge in [-0.1, -0.05) is 23.2 Å². The van der Waals surface area contributed by atoms with Gasteiger partial charge in [0, 0.05) is 5.39 Å². The molecule has 0 bridgehead atoms. The molecule has 1 N–H and O–H groups in total. The number of halogens is 2. The first-order chi connectivity index (χ1) is 7.11. The van der Waals surface area contributed by atoms with Crippen molar-refractivity contribution in [3.8, 4) is 0 Å². The predicted molar refractivity (Wildman–Crippen MR) is 57.5 cm³/mol. The highest BCUT2D eigenvalue weighted by Crippen LogP contribution is 2.25. The van der Waals surface area contributed by atoms with Crippen LogP contribution in [-0.2, 0) is 4.74 Å². The molecule has 0 aliphatic carbocycles. The first-order valence-corrected chi connectivity index (χ1v) is 4.80. The molecule has 0 spiro atoms. The van der Waals surface area contributed by atoms with Crippen LogP contribution in [0.5, 0.6) is 0 Å². The highest BCUT2D eigenvalue weighted by Gasteiger charge is 2.12. The molecule has 0 saturated carbocycles. The summed E-state index contributed by atoms with van der Waals surface area (Å²) in [4.78, 5) is 17.9. The zero-order valence-corrected chi connectivity index (χ0v) is 9.19. The molecule has 0 aliphatic heterocycles. The molecule has 2 aromatic rings. The maximum absolute atomic E-state index is 11.2. The Morgan fingerprint density at radius 2 is 2.20 bits per heavy atom. The molecule has 0 fully saturated rings. The molecule has 78 valence electrons. The van der Waals surface area contributed by atoms with Gasteiger partial charge in [0.15, 0.2) is 0 Å². The molecule has 0 aromatic carbocycles. The number of aromatic nitrogens is 2. The van der Waals surface area contributed by atoms with Crippen molar-refractivity contribution in [2.24, 2.45) is 0 Å². The van der Waals surface area contributed by atoms with Crippen molar-refractivity contribution in [3.63, 3.8) is 0 Å². The van der Waals surface area contributed by atoms with E-state index < -0.39 is 5.97 Å². The SMILES string of the molecule is COC(=O)c1cc2c(Cl)nc(Cl)cc2[nH]1. The molecule has 0 amide bonds. The summed E-state index contributed by atoms with van der Waals surface area (Å²) < 4.78 is 4.57. The van der Waals surface area contributed by atoms with Crippen molar-refractivity contribution >= 4 is 40.1 Å². The minimum Gasteiger partial charge on any atom is -0.464 e. The average Bonchev–Trinajstić information content (AvgIpc) is 2.60. The number of esters is 1. The Balaban J connectivity index is 2.65. The maximum atomic E-state index is 11.2. The maximum Gasteiger partial charge on any atom is 0.354 e. The van der Waals surface area contributed by atoms with E-state index in [1.807, 2.05) is 0 Å². The monoisotopic (exact) mass is 244 g/mol. The quantitative estimate of drug-likeness (QED) is 0.620. The summed E-state index contributed by atoms with van der Waals surface area (Å²) in [7, 11) is 1.31. The lowest BCUT2D eigenvalue weighted by molar-refractivity contribution is 0.0595. The van der Waals surface area contributed by atoms with Crippen LogP contribution in [0.25, 0.3) is 10.9 Å². The molecule has 4 nitrogen and oxygen atoms in total. The topological polar surface area (TPSA) is 55.0 Å². The lowest BCUT2D eigenvalue weighted by Gasteiger charge is -1.93. The van der Waals surface area contributed by atoms with Crippen molar-refractivity contribution in [2.45, 2.75) is 0 Å². The number of rotatable bonds is 1. The fourth-order valence-electron chi connectivity index (χ4n) is 1.28. The van der Waals surface area contributed by atoms with Crippen LogP contribution < -0.4 is 0 Å². The minimum atomic E-state index is -0.460. The fourth-order valence-corrected chi connectivity index (χ4v) is 1.76. The highest BCUT2D eigenvalue weighted by molar-refractivity contribution is 6.36. The van der Waals surface area contributed by atoms with E-state index in [1.54, 1.807) is 12.1 Å². The van der Waals surface area contributed by atoms with Crippen molar-refractivity contribution in [3.05, 3.63) is 28.1 Å².